The molecule has 1 saturated heterocycles. The fourth-order valence-electron chi connectivity index (χ4n) is 2.38. The number of carbonyl (C=O) groups is 1. The van der Waals surface area contributed by atoms with Crippen molar-refractivity contribution in [3.05, 3.63) is 46.5 Å². The van der Waals surface area contributed by atoms with Gasteiger partial charge in [0.1, 0.15) is 11.2 Å². The molecule has 0 radical (unpaired) electrons. The summed E-state index contributed by atoms with van der Waals surface area (Å²) in [7, 11) is 0. The van der Waals surface area contributed by atoms with Gasteiger partial charge in [0.25, 0.3) is 11.5 Å². The third-order valence-corrected chi connectivity index (χ3v) is 3.76. The van der Waals surface area contributed by atoms with E-state index in [1.807, 2.05) is 6.92 Å². The van der Waals surface area contributed by atoms with Gasteiger partial charge >= 0.3 is 0 Å². The number of nitrogens with zero attached hydrogens (tertiary/aromatic N) is 3. The van der Waals surface area contributed by atoms with Crippen molar-refractivity contribution in [2.75, 3.05) is 13.1 Å². The molecule has 1 aliphatic rings. The van der Waals surface area contributed by atoms with Gasteiger partial charge in [-0.2, -0.15) is 0 Å². The third-order valence-electron chi connectivity index (χ3n) is 3.76. The number of hydrogen-bond donors (Lipinski definition) is 1. The third kappa shape index (κ3) is 1.89. The summed E-state index contributed by atoms with van der Waals surface area (Å²) in [6, 6.07) is 5.19. The van der Waals surface area contributed by atoms with E-state index in [1.165, 1.54) is 15.5 Å². The first-order valence-corrected chi connectivity index (χ1v) is 6.52. The maximum atomic E-state index is 12.3. The largest absolute Gasteiger partial charge is 0.386 e. The van der Waals surface area contributed by atoms with Crippen molar-refractivity contribution in [1.29, 1.82) is 0 Å². The van der Waals surface area contributed by atoms with E-state index in [0.717, 1.165) is 0 Å². The molecule has 1 amide bonds. The normalized spacial score (nSPS) is 17.0. The van der Waals surface area contributed by atoms with E-state index in [2.05, 4.69) is 4.98 Å². The van der Waals surface area contributed by atoms with E-state index in [1.54, 1.807) is 24.4 Å². The lowest BCUT2D eigenvalue weighted by Crippen LogP contribution is -2.63. The molecule has 3 heterocycles. The first-order chi connectivity index (χ1) is 9.54. The van der Waals surface area contributed by atoms with Crippen LogP contribution in [-0.2, 0) is 0 Å². The summed E-state index contributed by atoms with van der Waals surface area (Å²) in [5.41, 5.74) is -0.655. The Morgan fingerprint density at radius 1 is 1.45 bits per heavy atom. The van der Waals surface area contributed by atoms with Gasteiger partial charge in [0.05, 0.1) is 18.7 Å². The van der Waals surface area contributed by atoms with Gasteiger partial charge in [0.15, 0.2) is 0 Å². The fourth-order valence-corrected chi connectivity index (χ4v) is 2.38. The Kier molecular flexibility index (Phi) is 2.83. The number of pyridine rings is 1. The highest BCUT2D eigenvalue weighted by Crippen LogP contribution is 2.25. The Bertz CT molecular complexity index is 732. The Labute approximate surface area is 115 Å². The molecular formula is C14H15N3O3. The van der Waals surface area contributed by atoms with Gasteiger partial charge in [-0.3, -0.25) is 14.0 Å². The summed E-state index contributed by atoms with van der Waals surface area (Å²) in [5.74, 6) is -0.376. The van der Waals surface area contributed by atoms with E-state index >= 15 is 0 Å². The predicted molar refractivity (Wildman–Crippen MR) is 72.6 cm³/mol. The molecule has 1 fully saturated rings. The molecule has 2 aromatic heterocycles. The van der Waals surface area contributed by atoms with Crippen molar-refractivity contribution in [3.63, 3.8) is 0 Å². The highest BCUT2D eigenvalue weighted by Gasteiger charge is 2.42. The average molecular weight is 273 g/mol. The number of amides is 1. The van der Waals surface area contributed by atoms with Gasteiger partial charge in [0.2, 0.25) is 0 Å². The maximum absolute atomic E-state index is 12.3. The molecule has 0 saturated carbocycles. The molecule has 0 aliphatic carbocycles. The summed E-state index contributed by atoms with van der Waals surface area (Å²) < 4.78 is 1.35. The number of rotatable bonds is 2. The standard InChI is InChI=1S/C14H15N3O3/c1-2-14(20)8-16(9-14)12(18)10-7-15-11-5-3-4-6-17(11)13(10)19/h3-7,20H,2,8-9H2,1H3. The lowest BCUT2D eigenvalue weighted by atomic mass is 9.91. The van der Waals surface area contributed by atoms with E-state index in [9.17, 15) is 14.7 Å². The molecule has 2 aromatic rings. The van der Waals surface area contributed by atoms with Crippen molar-refractivity contribution in [3.8, 4) is 0 Å². The Morgan fingerprint density at radius 2 is 2.20 bits per heavy atom. The zero-order valence-corrected chi connectivity index (χ0v) is 11.1. The zero-order valence-electron chi connectivity index (χ0n) is 11.1. The highest BCUT2D eigenvalue weighted by molar-refractivity contribution is 5.94. The molecule has 0 atom stereocenters. The Hall–Kier alpha value is -2.21. The van der Waals surface area contributed by atoms with Gasteiger partial charge in [-0.25, -0.2) is 4.98 Å². The summed E-state index contributed by atoms with van der Waals surface area (Å²) in [4.78, 5) is 30.1. The molecule has 1 N–H and O–H groups in total. The second kappa shape index (κ2) is 4.42. The van der Waals surface area contributed by atoms with Crippen LogP contribution in [0.15, 0.2) is 35.4 Å². The molecule has 1 aliphatic heterocycles. The minimum Gasteiger partial charge on any atom is -0.386 e. The lowest BCUT2D eigenvalue weighted by Gasteiger charge is -2.45. The average Bonchev–Trinajstić information content (AvgIpc) is 2.44. The second-order valence-electron chi connectivity index (χ2n) is 5.14. The highest BCUT2D eigenvalue weighted by atomic mass is 16.3. The van der Waals surface area contributed by atoms with E-state index in [-0.39, 0.29) is 30.1 Å². The smallest absolute Gasteiger partial charge is 0.270 e. The number of hydrogen-bond acceptors (Lipinski definition) is 4. The van der Waals surface area contributed by atoms with Crippen LogP contribution in [0.3, 0.4) is 0 Å². The van der Waals surface area contributed by atoms with E-state index in [0.29, 0.717) is 12.1 Å². The number of carbonyl (C=O) groups excluding carboxylic acids is 1. The van der Waals surface area contributed by atoms with Crippen LogP contribution in [0.2, 0.25) is 0 Å². The van der Waals surface area contributed by atoms with Gasteiger partial charge < -0.3 is 10.0 Å². The van der Waals surface area contributed by atoms with Crippen LogP contribution in [0, 0.1) is 0 Å². The predicted octanol–water partition coefficient (Wildman–Crippen LogP) is 0.291. The summed E-state index contributed by atoms with van der Waals surface area (Å²) >= 11 is 0. The number of fused-ring (bicyclic) bond motifs is 1. The van der Waals surface area contributed by atoms with Crippen molar-refractivity contribution < 1.29 is 9.90 Å². The quantitative estimate of drug-likeness (QED) is 0.853. The SMILES string of the molecule is CCC1(O)CN(C(=O)c2cnc3ccccn3c2=O)C1. The number of likely N-dealkylation sites (tertiary alicyclic amines) is 1. The van der Waals surface area contributed by atoms with Crippen molar-refractivity contribution in [1.82, 2.24) is 14.3 Å². The monoisotopic (exact) mass is 273 g/mol. The molecule has 0 unspecified atom stereocenters. The van der Waals surface area contributed by atoms with Crippen LogP contribution < -0.4 is 5.56 Å². The van der Waals surface area contributed by atoms with Crippen molar-refractivity contribution in [2.45, 2.75) is 18.9 Å². The molecule has 20 heavy (non-hydrogen) atoms. The first-order valence-electron chi connectivity index (χ1n) is 6.52. The summed E-state index contributed by atoms with van der Waals surface area (Å²) in [5, 5.41) is 9.93. The fraction of sp³-hybridized carbons (Fsp3) is 0.357. The minimum absolute atomic E-state index is 0.0341. The van der Waals surface area contributed by atoms with Crippen LogP contribution in [0.4, 0.5) is 0 Å². The molecule has 6 nitrogen and oxygen atoms in total. The molecule has 6 heteroatoms. The summed E-state index contributed by atoms with van der Waals surface area (Å²) in [6.45, 7) is 2.40. The van der Waals surface area contributed by atoms with Gasteiger partial charge in [-0.15, -0.1) is 0 Å². The van der Waals surface area contributed by atoms with Crippen LogP contribution in [0.1, 0.15) is 23.7 Å². The zero-order chi connectivity index (χ0) is 14.3. The van der Waals surface area contributed by atoms with Crippen LogP contribution in [-0.4, -0.2) is 44.0 Å². The van der Waals surface area contributed by atoms with E-state index in [4.69, 9.17) is 0 Å². The van der Waals surface area contributed by atoms with Crippen molar-refractivity contribution in [2.24, 2.45) is 0 Å². The van der Waals surface area contributed by atoms with Gasteiger partial charge in [0, 0.05) is 12.4 Å². The second-order valence-corrected chi connectivity index (χ2v) is 5.14. The lowest BCUT2D eigenvalue weighted by molar-refractivity contribution is -0.0827. The van der Waals surface area contributed by atoms with Crippen LogP contribution in [0.25, 0.3) is 5.65 Å². The molecule has 104 valence electrons. The number of aromatic nitrogens is 2. The van der Waals surface area contributed by atoms with Crippen LogP contribution in [0.5, 0.6) is 0 Å². The maximum Gasteiger partial charge on any atom is 0.270 e. The number of aliphatic hydroxyl groups is 1. The topological polar surface area (TPSA) is 74.9 Å². The van der Waals surface area contributed by atoms with Gasteiger partial charge in [-0.05, 0) is 18.6 Å². The Morgan fingerprint density at radius 3 is 2.90 bits per heavy atom. The summed E-state index contributed by atoms with van der Waals surface area (Å²) in [6.07, 6.45) is 3.48. The molecule has 0 aromatic carbocycles. The molecule has 3 rings (SSSR count). The van der Waals surface area contributed by atoms with Crippen LogP contribution >= 0.6 is 0 Å². The molecule has 0 spiro atoms. The molecule has 0 bridgehead atoms. The van der Waals surface area contributed by atoms with E-state index < -0.39 is 5.60 Å². The minimum atomic E-state index is -0.809. The van der Waals surface area contributed by atoms with Gasteiger partial charge in [-0.1, -0.05) is 13.0 Å². The number of β-amino-alcohol motifs (C(OH)–C–C–N with tert-alkyl or cyclic N) is 1. The van der Waals surface area contributed by atoms with Crippen molar-refractivity contribution >= 4 is 11.6 Å². The molecular weight excluding hydrogens is 258 g/mol. The first kappa shape index (κ1) is 12.8. The Balaban J connectivity index is 1.94.